The summed E-state index contributed by atoms with van der Waals surface area (Å²) in [6, 6.07) is 1.98. The molecular formula is C9H13NO2S. The van der Waals surface area contributed by atoms with Gasteiger partial charge in [0.25, 0.3) is 0 Å². The summed E-state index contributed by atoms with van der Waals surface area (Å²) in [4.78, 5) is 10.3. The Bertz CT molecular complexity index is 259. The number of hydrogen-bond acceptors (Lipinski definition) is 3. The SMILES string of the molecule is NC(CCC(=O)O)Cc1ccsc1. The average molecular weight is 199 g/mol. The number of hydrogen-bond donors (Lipinski definition) is 2. The maximum Gasteiger partial charge on any atom is 0.303 e. The first-order chi connectivity index (χ1) is 6.18. The molecule has 0 aromatic carbocycles. The van der Waals surface area contributed by atoms with Crippen LogP contribution >= 0.6 is 11.3 Å². The van der Waals surface area contributed by atoms with Crippen molar-refractivity contribution in [2.75, 3.05) is 0 Å². The van der Waals surface area contributed by atoms with Crippen LogP contribution in [0.1, 0.15) is 18.4 Å². The normalized spacial score (nSPS) is 12.7. The number of nitrogens with two attached hydrogens (primary N) is 1. The number of aliphatic carboxylic acids is 1. The van der Waals surface area contributed by atoms with Gasteiger partial charge in [-0.05, 0) is 35.2 Å². The summed E-state index contributed by atoms with van der Waals surface area (Å²) in [5, 5.41) is 12.5. The van der Waals surface area contributed by atoms with Gasteiger partial charge in [0.15, 0.2) is 0 Å². The van der Waals surface area contributed by atoms with Crippen molar-refractivity contribution in [3.05, 3.63) is 22.4 Å². The monoisotopic (exact) mass is 199 g/mol. The van der Waals surface area contributed by atoms with E-state index >= 15 is 0 Å². The van der Waals surface area contributed by atoms with Crippen molar-refractivity contribution in [3.63, 3.8) is 0 Å². The molecule has 1 aromatic rings. The third-order valence-electron chi connectivity index (χ3n) is 1.81. The highest BCUT2D eigenvalue weighted by atomic mass is 32.1. The van der Waals surface area contributed by atoms with Crippen molar-refractivity contribution in [1.82, 2.24) is 0 Å². The van der Waals surface area contributed by atoms with E-state index in [4.69, 9.17) is 10.8 Å². The third-order valence-corrected chi connectivity index (χ3v) is 2.54. The number of carbonyl (C=O) groups is 1. The third kappa shape index (κ3) is 4.05. The minimum Gasteiger partial charge on any atom is -0.481 e. The molecule has 0 aliphatic heterocycles. The minimum atomic E-state index is -0.777. The Morgan fingerprint density at radius 2 is 2.46 bits per heavy atom. The molecule has 0 radical (unpaired) electrons. The van der Waals surface area contributed by atoms with E-state index in [1.165, 1.54) is 5.56 Å². The van der Waals surface area contributed by atoms with Gasteiger partial charge in [-0.25, -0.2) is 0 Å². The summed E-state index contributed by atoms with van der Waals surface area (Å²) in [5.74, 6) is -0.777. The zero-order valence-electron chi connectivity index (χ0n) is 7.27. The van der Waals surface area contributed by atoms with E-state index in [0.717, 1.165) is 6.42 Å². The van der Waals surface area contributed by atoms with Gasteiger partial charge < -0.3 is 10.8 Å². The zero-order chi connectivity index (χ0) is 9.68. The van der Waals surface area contributed by atoms with Crippen LogP contribution in [0.3, 0.4) is 0 Å². The molecule has 13 heavy (non-hydrogen) atoms. The Balaban J connectivity index is 2.25. The molecule has 1 aromatic heterocycles. The van der Waals surface area contributed by atoms with Gasteiger partial charge in [-0.2, -0.15) is 11.3 Å². The molecule has 72 valence electrons. The summed E-state index contributed by atoms with van der Waals surface area (Å²) in [6.45, 7) is 0. The van der Waals surface area contributed by atoms with Gasteiger partial charge >= 0.3 is 5.97 Å². The molecular weight excluding hydrogens is 186 g/mol. The highest BCUT2D eigenvalue weighted by Gasteiger charge is 2.06. The minimum absolute atomic E-state index is 0.0364. The van der Waals surface area contributed by atoms with Gasteiger partial charge in [0, 0.05) is 12.5 Å². The second kappa shape index (κ2) is 4.99. The van der Waals surface area contributed by atoms with Crippen molar-refractivity contribution in [2.45, 2.75) is 25.3 Å². The molecule has 0 amide bonds. The molecule has 4 heteroatoms. The van der Waals surface area contributed by atoms with Crippen LogP contribution in [0, 0.1) is 0 Å². The summed E-state index contributed by atoms with van der Waals surface area (Å²) in [7, 11) is 0. The average Bonchev–Trinajstić information content (AvgIpc) is 2.53. The molecule has 3 N–H and O–H groups in total. The lowest BCUT2D eigenvalue weighted by atomic mass is 10.1. The van der Waals surface area contributed by atoms with Crippen molar-refractivity contribution >= 4 is 17.3 Å². The van der Waals surface area contributed by atoms with Crippen LogP contribution in [0.15, 0.2) is 16.8 Å². The maximum absolute atomic E-state index is 10.3. The summed E-state index contributed by atoms with van der Waals surface area (Å²) >= 11 is 1.63. The van der Waals surface area contributed by atoms with E-state index in [2.05, 4.69) is 0 Å². The highest BCUT2D eigenvalue weighted by Crippen LogP contribution is 2.09. The Morgan fingerprint density at radius 3 is 3.00 bits per heavy atom. The number of carboxylic acid groups (broad SMARTS) is 1. The topological polar surface area (TPSA) is 63.3 Å². The van der Waals surface area contributed by atoms with Gasteiger partial charge in [0.05, 0.1) is 0 Å². The van der Waals surface area contributed by atoms with E-state index in [1.807, 2.05) is 16.8 Å². The first-order valence-corrected chi connectivity index (χ1v) is 5.11. The van der Waals surface area contributed by atoms with Crippen LogP contribution in [0.5, 0.6) is 0 Å². The van der Waals surface area contributed by atoms with Crippen LogP contribution in [0.2, 0.25) is 0 Å². The fraction of sp³-hybridized carbons (Fsp3) is 0.444. The van der Waals surface area contributed by atoms with Crippen LogP contribution < -0.4 is 5.73 Å². The van der Waals surface area contributed by atoms with Crippen molar-refractivity contribution in [2.24, 2.45) is 5.73 Å². The lowest BCUT2D eigenvalue weighted by Crippen LogP contribution is -2.23. The predicted octanol–water partition coefficient (Wildman–Crippen LogP) is 1.48. The Labute approximate surface area is 81.2 Å². The van der Waals surface area contributed by atoms with E-state index in [-0.39, 0.29) is 12.5 Å². The lowest BCUT2D eigenvalue weighted by Gasteiger charge is -2.07. The Morgan fingerprint density at radius 1 is 1.69 bits per heavy atom. The first-order valence-electron chi connectivity index (χ1n) is 4.17. The number of carboxylic acids is 1. The molecule has 3 nitrogen and oxygen atoms in total. The highest BCUT2D eigenvalue weighted by molar-refractivity contribution is 7.07. The molecule has 1 heterocycles. The van der Waals surface area contributed by atoms with E-state index in [0.29, 0.717) is 6.42 Å². The standard InChI is InChI=1S/C9H13NO2S/c10-8(1-2-9(11)12)5-7-3-4-13-6-7/h3-4,6,8H,1-2,5,10H2,(H,11,12). The number of rotatable bonds is 5. The van der Waals surface area contributed by atoms with Crippen LogP contribution in [-0.2, 0) is 11.2 Å². The molecule has 0 bridgehead atoms. The van der Waals surface area contributed by atoms with Gasteiger partial charge in [0.1, 0.15) is 0 Å². The Kier molecular flexibility index (Phi) is 3.92. The molecule has 1 unspecified atom stereocenters. The largest absolute Gasteiger partial charge is 0.481 e. The quantitative estimate of drug-likeness (QED) is 0.755. The molecule has 0 saturated heterocycles. The van der Waals surface area contributed by atoms with Crippen LogP contribution in [0.4, 0.5) is 0 Å². The molecule has 1 rings (SSSR count). The predicted molar refractivity (Wildman–Crippen MR) is 52.9 cm³/mol. The summed E-state index contributed by atoms with van der Waals surface area (Å²) in [5.41, 5.74) is 6.95. The number of thiophene rings is 1. The van der Waals surface area contributed by atoms with Crippen molar-refractivity contribution in [3.8, 4) is 0 Å². The maximum atomic E-state index is 10.3. The van der Waals surface area contributed by atoms with Crippen LogP contribution in [0.25, 0.3) is 0 Å². The first kappa shape index (κ1) is 10.2. The van der Waals surface area contributed by atoms with E-state index in [9.17, 15) is 4.79 Å². The smallest absolute Gasteiger partial charge is 0.303 e. The fourth-order valence-corrected chi connectivity index (χ4v) is 1.80. The lowest BCUT2D eigenvalue weighted by molar-refractivity contribution is -0.137. The van der Waals surface area contributed by atoms with Gasteiger partial charge in [-0.15, -0.1) is 0 Å². The van der Waals surface area contributed by atoms with Crippen molar-refractivity contribution < 1.29 is 9.90 Å². The Hall–Kier alpha value is -0.870. The van der Waals surface area contributed by atoms with E-state index in [1.54, 1.807) is 11.3 Å². The van der Waals surface area contributed by atoms with Gasteiger partial charge in [-0.1, -0.05) is 0 Å². The van der Waals surface area contributed by atoms with Crippen LogP contribution in [-0.4, -0.2) is 17.1 Å². The molecule has 0 aliphatic rings. The second-order valence-electron chi connectivity index (χ2n) is 3.03. The molecule has 1 atom stereocenters. The van der Waals surface area contributed by atoms with E-state index < -0.39 is 5.97 Å². The summed E-state index contributed by atoms with van der Waals surface area (Å²) in [6.07, 6.45) is 1.48. The van der Waals surface area contributed by atoms with Gasteiger partial charge in [0.2, 0.25) is 0 Å². The molecule has 0 saturated carbocycles. The fourth-order valence-electron chi connectivity index (χ4n) is 1.12. The molecule has 0 fully saturated rings. The molecule has 0 spiro atoms. The second-order valence-corrected chi connectivity index (χ2v) is 3.81. The summed E-state index contributed by atoms with van der Waals surface area (Å²) < 4.78 is 0. The zero-order valence-corrected chi connectivity index (χ0v) is 8.09. The van der Waals surface area contributed by atoms with Gasteiger partial charge in [-0.3, -0.25) is 4.79 Å². The molecule has 0 aliphatic carbocycles. The van der Waals surface area contributed by atoms with Crippen molar-refractivity contribution in [1.29, 1.82) is 0 Å².